The summed E-state index contributed by atoms with van der Waals surface area (Å²) in [5.74, 6) is 1.70. The molecule has 4 rings (SSSR count). The summed E-state index contributed by atoms with van der Waals surface area (Å²) >= 11 is 0. The maximum Gasteiger partial charge on any atom is 0.156 e. The molecular weight excluding hydrogens is 309 g/mol. The van der Waals surface area contributed by atoms with E-state index in [4.69, 9.17) is 9.47 Å². The first-order chi connectivity index (χ1) is 11.7. The fourth-order valence-electron chi connectivity index (χ4n) is 3.03. The van der Waals surface area contributed by atoms with E-state index < -0.39 is 0 Å². The molecule has 2 N–H and O–H groups in total. The van der Waals surface area contributed by atoms with Crippen LogP contribution in [-0.4, -0.2) is 24.4 Å². The predicted octanol–water partition coefficient (Wildman–Crippen LogP) is 3.88. The van der Waals surface area contributed by atoms with Gasteiger partial charge >= 0.3 is 0 Å². The van der Waals surface area contributed by atoms with E-state index in [1.54, 1.807) is 20.3 Å². The van der Waals surface area contributed by atoms with Crippen molar-refractivity contribution in [2.75, 3.05) is 19.5 Å². The molecule has 0 saturated carbocycles. The lowest BCUT2D eigenvalue weighted by molar-refractivity contribution is 0.415. The number of methoxy groups -OCH3 is 2. The Kier molecular flexibility index (Phi) is 3.37. The van der Waals surface area contributed by atoms with Gasteiger partial charge < -0.3 is 14.8 Å². The number of rotatable bonds is 4. The Labute approximate surface area is 138 Å². The number of nitrogens with one attached hydrogen (secondary N) is 2. The van der Waals surface area contributed by atoms with Crippen molar-refractivity contribution in [1.29, 1.82) is 0 Å². The molecule has 1 aliphatic carbocycles. The third kappa shape index (κ3) is 2.27. The van der Waals surface area contributed by atoms with Gasteiger partial charge in [0.15, 0.2) is 5.82 Å². The molecule has 1 aromatic heterocycles. The third-order valence-electron chi connectivity index (χ3n) is 4.24. The maximum atomic E-state index is 13.5. The molecule has 6 heteroatoms. The largest absolute Gasteiger partial charge is 0.497 e. The number of ether oxygens (including phenoxy) is 2. The van der Waals surface area contributed by atoms with E-state index in [0.29, 0.717) is 17.3 Å². The number of halogens is 1. The number of H-pyrrole nitrogens is 1. The molecule has 3 aromatic rings. The highest BCUT2D eigenvalue weighted by molar-refractivity contribution is 5.81. The molecule has 2 aromatic carbocycles. The smallest absolute Gasteiger partial charge is 0.156 e. The maximum absolute atomic E-state index is 13.5. The fraction of sp³-hybridized carbons (Fsp3) is 0.167. The van der Waals surface area contributed by atoms with Gasteiger partial charge in [0.05, 0.1) is 25.6 Å². The SMILES string of the molecule is COc1ccc2c(c1)-c1[nH]nc(Nc3cc(F)ccc3OC)c1C2. The van der Waals surface area contributed by atoms with Crippen molar-refractivity contribution < 1.29 is 13.9 Å². The van der Waals surface area contributed by atoms with Crippen LogP contribution in [0.15, 0.2) is 36.4 Å². The number of aromatic amines is 1. The first-order valence-electron chi connectivity index (χ1n) is 7.54. The molecule has 0 atom stereocenters. The predicted molar refractivity (Wildman–Crippen MR) is 89.6 cm³/mol. The van der Waals surface area contributed by atoms with Crippen LogP contribution in [0, 0.1) is 5.82 Å². The van der Waals surface area contributed by atoms with Crippen LogP contribution in [0.4, 0.5) is 15.9 Å². The second-order valence-corrected chi connectivity index (χ2v) is 5.60. The van der Waals surface area contributed by atoms with Crippen LogP contribution in [0.5, 0.6) is 11.5 Å². The number of hydrogen-bond acceptors (Lipinski definition) is 4. The summed E-state index contributed by atoms with van der Waals surface area (Å²) in [7, 11) is 3.20. The van der Waals surface area contributed by atoms with Gasteiger partial charge in [-0.15, -0.1) is 0 Å². The normalized spacial score (nSPS) is 11.8. The summed E-state index contributed by atoms with van der Waals surface area (Å²) in [6.07, 6.45) is 0.755. The highest BCUT2D eigenvalue weighted by Crippen LogP contribution is 2.41. The van der Waals surface area contributed by atoms with E-state index >= 15 is 0 Å². The van der Waals surface area contributed by atoms with E-state index in [9.17, 15) is 4.39 Å². The Balaban J connectivity index is 1.71. The van der Waals surface area contributed by atoms with E-state index in [2.05, 4.69) is 21.6 Å². The summed E-state index contributed by atoms with van der Waals surface area (Å²) in [6.45, 7) is 0. The minimum atomic E-state index is -0.335. The molecule has 0 aliphatic heterocycles. The molecule has 0 amide bonds. The molecule has 5 nitrogen and oxygen atoms in total. The zero-order valence-electron chi connectivity index (χ0n) is 13.3. The van der Waals surface area contributed by atoms with Gasteiger partial charge in [-0.1, -0.05) is 6.07 Å². The zero-order chi connectivity index (χ0) is 16.7. The molecule has 0 bridgehead atoms. The minimum Gasteiger partial charge on any atom is -0.497 e. The van der Waals surface area contributed by atoms with E-state index in [0.717, 1.165) is 29.0 Å². The number of hydrogen-bond donors (Lipinski definition) is 2. The molecule has 24 heavy (non-hydrogen) atoms. The summed E-state index contributed by atoms with van der Waals surface area (Å²) in [6, 6.07) is 10.3. The summed E-state index contributed by atoms with van der Waals surface area (Å²) in [5.41, 5.74) is 4.83. The Bertz CT molecular complexity index is 921. The number of benzene rings is 2. The van der Waals surface area contributed by atoms with Gasteiger partial charge in [-0.2, -0.15) is 5.10 Å². The molecule has 0 spiro atoms. The summed E-state index contributed by atoms with van der Waals surface area (Å²) < 4.78 is 24.1. The fourth-order valence-corrected chi connectivity index (χ4v) is 3.03. The van der Waals surface area contributed by atoms with Gasteiger partial charge in [-0.25, -0.2) is 4.39 Å². The van der Waals surface area contributed by atoms with Crippen LogP contribution in [0.2, 0.25) is 0 Å². The lowest BCUT2D eigenvalue weighted by Crippen LogP contribution is -1.98. The minimum absolute atomic E-state index is 0.335. The number of anilines is 2. The van der Waals surface area contributed by atoms with Gasteiger partial charge in [0, 0.05) is 23.6 Å². The van der Waals surface area contributed by atoms with E-state index in [-0.39, 0.29) is 5.82 Å². The van der Waals surface area contributed by atoms with Gasteiger partial charge in [-0.05, 0) is 29.8 Å². The van der Waals surface area contributed by atoms with Crippen molar-refractivity contribution in [3.63, 3.8) is 0 Å². The molecule has 0 unspecified atom stereocenters. The standard InChI is InChI=1S/C18H16FN3O2/c1-23-12-5-3-10-7-14-17(13(10)9-12)21-22-18(14)20-15-8-11(19)4-6-16(15)24-2/h3-6,8-9H,7H2,1-2H3,(H2,20,21,22). The molecule has 0 fully saturated rings. The summed E-state index contributed by atoms with van der Waals surface area (Å²) in [4.78, 5) is 0. The van der Waals surface area contributed by atoms with E-state index in [1.807, 2.05) is 12.1 Å². The molecule has 0 saturated heterocycles. The van der Waals surface area contributed by atoms with Crippen molar-refractivity contribution in [2.45, 2.75) is 6.42 Å². The Morgan fingerprint density at radius 1 is 1.12 bits per heavy atom. The third-order valence-corrected chi connectivity index (χ3v) is 4.24. The second-order valence-electron chi connectivity index (χ2n) is 5.60. The van der Waals surface area contributed by atoms with Crippen molar-refractivity contribution in [3.05, 3.63) is 53.3 Å². The van der Waals surface area contributed by atoms with Crippen LogP contribution in [0.1, 0.15) is 11.1 Å². The highest BCUT2D eigenvalue weighted by Gasteiger charge is 2.25. The monoisotopic (exact) mass is 325 g/mol. The molecule has 1 heterocycles. The van der Waals surface area contributed by atoms with Crippen LogP contribution < -0.4 is 14.8 Å². The number of aromatic nitrogens is 2. The van der Waals surface area contributed by atoms with Crippen molar-refractivity contribution >= 4 is 11.5 Å². The molecule has 0 radical (unpaired) electrons. The van der Waals surface area contributed by atoms with Gasteiger partial charge in [-0.3, -0.25) is 5.10 Å². The van der Waals surface area contributed by atoms with Crippen LogP contribution in [-0.2, 0) is 6.42 Å². The van der Waals surface area contributed by atoms with Crippen molar-refractivity contribution in [3.8, 4) is 22.8 Å². The van der Waals surface area contributed by atoms with Crippen LogP contribution in [0.25, 0.3) is 11.3 Å². The Morgan fingerprint density at radius 3 is 2.79 bits per heavy atom. The van der Waals surface area contributed by atoms with Crippen LogP contribution >= 0.6 is 0 Å². The first kappa shape index (κ1) is 14.6. The zero-order valence-corrected chi connectivity index (χ0v) is 13.3. The Morgan fingerprint density at radius 2 is 2.00 bits per heavy atom. The number of fused-ring (bicyclic) bond motifs is 3. The van der Waals surface area contributed by atoms with Crippen LogP contribution in [0.3, 0.4) is 0 Å². The molecular formula is C18H16FN3O2. The Hall–Kier alpha value is -3.02. The highest BCUT2D eigenvalue weighted by atomic mass is 19.1. The molecule has 122 valence electrons. The quantitative estimate of drug-likeness (QED) is 0.598. The van der Waals surface area contributed by atoms with Gasteiger partial charge in [0.1, 0.15) is 17.3 Å². The van der Waals surface area contributed by atoms with Gasteiger partial charge in [0.2, 0.25) is 0 Å². The average molecular weight is 325 g/mol. The van der Waals surface area contributed by atoms with Crippen molar-refractivity contribution in [2.24, 2.45) is 0 Å². The lowest BCUT2D eigenvalue weighted by Gasteiger charge is -2.10. The summed E-state index contributed by atoms with van der Waals surface area (Å²) in [5, 5.41) is 10.6. The average Bonchev–Trinajstić information content (AvgIpc) is 3.14. The molecule has 1 aliphatic rings. The second kappa shape index (κ2) is 5.56. The van der Waals surface area contributed by atoms with E-state index in [1.165, 1.54) is 17.7 Å². The topological polar surface area (TPSA) is 59.2 Å². The van der Waals surface area contributed by atoms with Gasteiger partial charge in [0.25, 0.3) is 0 Å². The number of nitrogens with zero attached hydrogens (tertiary/aromatic N) is 1. The van der Waals surface area contributed by atoms with Crippen molar-refractivity contribution in [1.82, 2.24) is 10.2 Å². The first-order valence-corrected chi connectivity index (χ1v) is 7.54. The lowest BCUT2D eigenvalue weighted by atomic mass is 10.1.